The van der Waals surface area contributed by atoms with Crippen LogP contribution in [0.5, 0.6) is 5.75 Å². The highest BCUT2D eigenvalue weighted by Gasteiger charge is 2.29. The fourth-order valence-electron chi connectivity index (χ4n) is 2.02. The van der Waals surface area contributed by atoms with Crippen LogP contribution in [-0.4, -0.2) is 26.4 Å². The third kappa shape index (κ3) is 2.34. The van der Waals surface area contributed by atoms with Gasteiger partial charge in [-0.1, -0.05) is 6.07 Å². The van der Waals surface area contributed by atoms with Gasteiger partial charge >= 0.3 is 0 Å². The first-order valence-electron chi connectivity index (χ1n) is 5.65. The summed E-state index contributed by atoms with van der Waals surface area (Å²) in [5.74, 6) is 0.713. The van der Waals surface area contributed by atoms with E-state index in [0.717, 1.165) is 18.5 Å². The minimum absolute atomic E-state index is 0.341. The van der Waals surface area contributed by atoms with Crippen LogP contribution in [-0.2, 0) is 4.74 Å². The summed E-state index contributed by atoms with van der Waals surface area (Å²) in [6, 6.07) is 8.01. The van der Waals surface area contributed by atoms with Gasteiger partial charge in [-0.25, -0.2) is 0 Å². The van der Waals surface area contributed by atoms with E-state index >= 15 is 0 Å². The van der Waals surface area contributed by atoms with Crippen molar-refractivity contribution in [1.82, 2.24) is 0 Å². The molecule has 0 radical (unpaired) electrons. The van der Waals surface area contributed by atoms with E-state index in [2.05, 4.69) is 11.4 Å². The van der Waals surface area contributed by atoms with E-state index < -0.39 is 0 Å². The van der Waals surface area contributed by atoms with Gasteiger partial charge in [0.15, 0.2) is 0 Å². The molecule has 17 heavy (non-hydrogen) atoms. The molecule has 1 aliphatic rings. The molecule has 0 aromatic heterocycles. The zero-order chi connectivity index (χ0) is 12.3. The minimum atomic E-state index is 0.341. The second-order valence-corrected chi connectivity index (χ2v) is 4.17. The quantitative estimate of drug-likeness (QED) is 0.864. The third-order valence-electron chi connectivity index (χ3n) is 3.14. The Morgan fingerprint density at radius 3 is 2.71 bits per heavy atom. The van der Waals surface area contributed by atoms with Gasteiger partial charge in [0.05, 0.1) is 24.5 Å². The fraction of sp³-hybridized carbons (Fsp3) is 0.462. The van der Waals surface area contributed by atoms with Crippen LogP contribution in [0.25, 0.3) is 0 Å². The summed E-state index contributed by atoms with van der Waals surface area (Å²) in [5.41, 5.74) is 1.40. The summed E-state index contributed by atoms with van der Waals surface area (Å²) >= 11 is 0. The minimum Gasteiger partial charge on any atom is -0.495 e. The van der Waals surface area contributed by atoms with Crippen LogP contribution in [0.2, 0.25) is 0 Å². The zero-order valence-electron chi connectivity index (χ0n) is 10.1. The van der Waals surface area contributed by atoms with E-state index in [1.165, 1.54) is 0 Å². The molecule has 1 aliphatic carbocycles. The molecular formula is C13H16N2O2. The predicted octanol–water partition coefficient (Wildman–Crippen LogP) is 2.16. The molecule has 1 fully saturated rings. The maximum Gasteiger partial charge on any atom is 0.143 e. The van der Waals surface area contributed by atoms with Gasteiger partial charge in [-0.05, 0) is 25.0 Å². The topological polar surface area (TPSA) is 54.3 Å². The smallest absolute Gasteiger partial charge is 0.143 e. The zero-order valence-corrected chi connectivity index (χ0v) is 10.1. The molecule has 1 N–H and O–H groups in total. The van der Waals surface area contributed by atoms with Gasteiger partial charge in [-0.2, -0.15) is 5.26 Å². The molecule has 1 aromatic carbocycles. The number of hydrogen-bond acceptors (Lipinski definition) is 4. The lowest BCUT2D eigenvalue weighted by atomic mass is 9.89. The summed E-state index contributed by atoms with van der Waals surface area (Å²) in [5, 5.41) is 12.4. The lowest BCUT2D eigenvalue weighted by Crippen LogP contribution is -2.40. The molecule has 4 heteroatoms. The Morgan fingerprint density at radius 1 is 1.35 bits per heavy atom. The monoisotopic (exact) mass is 232 g/mol. The van der Waals surface area contributed by atoms with E-state index in [9.17, 15) is 0 Å². The van der Waals surface area contributed by atoms with Gasteiger partial charge in [0, 0.05) is 13.2 Å². The number of hydrogen-bond donors (Lipinski definition) is 1. The lowest BCUT2D eigenvalue weighted by molar-refractivity contribution is 0.0328. The standard InChI is InChI=1S/C13H16N2O2/c1-16-11-6-10(7-11)15-13-9(8-14)4-3-5-12(13)17-2/h3-5,10-11,15H,6-7H2,1-2H3. The fourth-order valence-corrected chi connectivity index (χ4v) is 2.02. The van der Waals surface area contributed by atoms with Crippen molar-refractivity contribution >= 4 is 5.69 Å². The van der Waals surface area contributed by atoms with Crippen molar-refractivity contribution in [3.63, 3.8) is 0 Å². The summed E-state index contributed by atoms with van der Waals surface area (Å²) in [6.07, 6.45) is 2.28. The molecule has 0 aliphatic heterocycles. The molecule has 0 unspecified atom stereocenters. The van der Waals surface area contributed by atoms with Gasteiger partial charge in [0.1, 0.15) is 11.8 Å². The SMILES string of the molecule is COc1cccc(C#N)c1NC1CC(OC)C1. The Balaban J connectivity index is 2.12. The maximum absolute atomic E-state index is 9.07. The van der Waals surface area contributed by atoms with Crippen molar-refractivity contribution in [2.45, 2.75) is 25.0 Å². The van der Waals surface area contributed by atoms with E-state index in [4.69, 9.17) is 14.7 Å². The highest BCUT2D eigenvalue weighted by molar-refractivity contribution is 5.66. The first-order valence-corrected chi connectivity index (χ1v) is 5.65. The molecule has 2 rings (SSSR count). The maximum atomic E-state index is 9.07. The van der Waals surface area contributed by atoms with E-state index in [-0.39, 0.29) is 0 Å². The summed E-state index contributed by atoms with van der Waals surface area (Å²) in [7, 11) is 3.34. The molecule has 0 heterocycles. The third-order valence-corrected chi connectivity index (χ3v) is 3.14. The number of nitriles is 1. The van der Waals surface area contributed by atoms with Gasteiger partial charge < -0.3 is 14.8 Å². The second kappa shape index (κ2) is 5.07. The molecule has 0 spiro atoms. The molecule has 0 atom stereocenters. The number of ether oxygens (including phenoxy) is 2. The van der Waals surface area contributed by atoms with Crippen LogP contribution in [0.4, 0.5) is 5.69 Å². The number of methoxy groups -OCH3 is 2. The molecule has 90 valence electrons. The van der Waals surface area contributed by atoms with Crippen molar-refractivity contribution in [2.24, 2.45) is 0 Å². The van der Waals surface area contributed by atoms with Crippen LogP contribution in [0.15, 0.2) is 18.2 Å². The molecule has 4 nitrogen and oxygen atoms in total. The first kappa shape index (κ1) is 11.7. The molecular weight excluding hydrogens is 216 g/mol. The van der Waals surface area contributed by atoms with Gasteiger partial charge in [-0.15, -0.1) is 0 Å². The van der Waals surface area contributed by atoms with Crippen molar-refractivity contribution in [3.05, 3.63) is 23.8 Å². The second-order valence-electron chi connectivity index (χ2n) is 4.17. The van der Waals surface area contributed by atoms with E-state index in [0.29, 0.717) is 23.5 Å². The Labute approximate surface area is 101 Å². The molecule has 1 saturated carbocycles. The summed E-state index contributed by atoms with van der Waals surface area (Å²) in [4.78, 5) is 0. The lowest BCUT2D eigenvalue weighted by Gasteiger charge is -2.35. The average Bonchev–Trinajstić information content (AvgIpc) is 2.32. The van der Waals surface area contributed by atoms with Crippen molar-refractivity contribution < 1.29 is 9.47 Å². The number of para-hydroxylation sites is 1. The molecule has 0 amide bonds. The number of nitrogens with zero attached hydrogens (tertiary/aromatic N) is 1. The number of rotatable bonds is 4. The van der Waals surface area contributed by atoms with Gasteiger partial charge in [0.2, 0.25) is 0 Å². The average molecular weight is 232 g/mol. The first-order chi connectivity index (χ1) is 8.28. The largest absolute Gasteiger partial charge is 0.495 e. The van der Waals surface area contributed by atoms with E-state index in [1.54, 1.807) is 20.3 Å². The van der Waals surface area contributed by atoms with Gasteiger partial charge in [-0.3, -0.25) is 0 Å². The van der Waals surface area contributed by atoms with Crippen LogP contribution >= 0.6 is 0 Å². The Hall–Kier alpha value is -1.73. The Bertz CT molecular complexity index is 434. The predicted molar refractivity (Wildman–Crippen MR) is 65.2 cm³/mol. The number of benzene rings is 1. The summed E-state index contributed by atoms with van der Waals surface area (Å²) in [6.45, 7) is 0. The summed E-state index contributed by atoms with van der Waals surface area (Å²) < 4.78 is 10.5. The van der Waals surface area contributed by atoms with Crippen LogP contribution < -0.4 is 10.1 Å². The van der Waals surface area contributed by atoms with Crippen molar-refractivity contribution in [1.29, 1.82) is 5.26 Å². The molecule has 1 aromatic rings. The van der Waals surface area contributed by atoms with Crippen LogP contribution in [0, 0.1) is 11.3 Å². The molecule has 0 saturated heterocycles. The van der Waals surface area contributed by atoms with Crippen molar-refractivity contribution in [2.75, 3.05) is 19.5 Å². The Morgan fingerprint density at radius 2 is 2.12 bits per heavy atom. The Kier molecular flexibility index (Phi) is 3.50. The van der Waals surface area contributed by atoms with Gasteiger partial charge in [0.25, 0.3) is 0 Å². The van der Waals surface area contributed by atoms with Crippen LogP contribution in [0.3, 0.4) is 0 Å². The number of nitrogens with one attached hydrogen (secondary N) is 1. The molecule has 0 bridgehead atoms. The highest BCUT2D eigenvalue weighted by atomic mass is 16.5. The number of anilines is 1. The van der Waals surface area contributed by atoms with Crippen LogP contribution in [0.1, 0.15) is 18.4 Å². The highest BCUT2D eigenvalue weighted by Crippen LogP contribution is 2.33. The normalized spacial score (nSPS) is 22.4. The van der Waals surface area contributed by atoms with Crippen molar-refractivity contribution in [3.8, 4) is 11.8 Å². The van der Waals surface area contributed by atoms with E-state index in [1.807, 2.05) is 12.1 Å².